The lowest BCUT2D eigenvalue weighted by Crippen LogP contribution is -2.32. The van der Waals surface area contributed by atoms with Crippen molar-refractivity contribution >= 4 is 17.7 Å². The fraction of sp³-hybridized carbons (Fsp3) is 0.269. The number of thioether (sulfide) groups is 1. The first-order valence-electron chi connectivity index (χ1n) is 11.4. The van der Waals surface area contributed by atoms with E-state index in [1.807, 2.05) is 70.1 Å². The molecule has 35 heavy (non-hydrogen) atoms. The minimum atomic E-state index is -0.0566. The largest absolute Gasteiger partial charge is 0.497 e. The number of aromatic nitrogens is 3. The third-order valence-electron chi connectivity index (χ3n) is 6.08. The molecule has 1 amide bonds. The maximum atomic E-state index is 13.4. The van der Waals surface area contributed by atoms with Gasteiger partial charge in [0, 0.05) is 17.8 Å². The molecule has 4 aromatic rings. The van der Waals surface area contributed by atoms with Crippen molar-refractivity contribution < 1.29 is 18.7 Å². The van der Waals surface area contributed by atoms with Gasteiger partial charge >= 0.3 is 0 Å². The highest BCUT2D eigenvalue weighted by Crippen LogP contribution is 2.39. The van der Waals surface area contributed by atoms with Gasteiger partial charge in [-0.3, -0.25) is 9.36 Å². The molecular formula is C26H26N4O4S. The highest BCUT2D eigenvalue weighted by atomic mass is 32.2. The minimum Gasteiger partial charge on any atom is -0.497 e. The Hall–Kier alpha value is -3.72. The zero-order chi connectivity index (χ0) is 24.2. The van der Waals surface area contributed by atoms with Crippen molar-refractivity contribution in [3.05, 3.63) is 72.5 Å². The van der Waals surface area contributed by atoms with Gasteiger partial charge in [-0.1, -0.05) is 30.0 Å². The molecule has 1 saturated heterocycles. The van der Waals surface area contributed by atoms with Crippen LogP contribution in [0.1, 0.15) is 24.4 Å². The van der Waals surface area contributed by atoms with E-state index in [1.165, 1.54) is 11.8 Å². The molecular weight excluding hydrogens is 464 g/mol. The number of rotatable bonds is 8. The summed E-state index contributed by atoms with van der Waals surface area (Å²) in [6, 6.07) is 19.2. The molecule has 9 heteroatoms. The Morgan fingerprint density at radius 2 is 1.94 bits per heavy atom. The lowest BCUT2D eigenvalue weighted by Gasteiger charge is -2.26. The van der Waals surface area contributed by atoms with Crippen molar-refractivity contribution in [2.75, 3.05) is 26.5 Å². The van der Waals surface area contributed by atoms with E-state index in [0.29, 0.717) is 23.3 Å². The van der Waals surface area contributed by atoms with Crippen LogP contribution >= 0.6 is 11.8 Å². The van der Waals surface area contributed by atoms with Crippen LogP contribution in [0.2, 0.25) is 0 Å². The molecule has 0 bridgehead atoms. The highest BCUT2D eigenvalue weighted by Gasteiger charge is 2.32. The van der Waals surface area contributed by atoms with E-state index in [4.69, 9.17) is 13.9 Å². The summed E-state index contributed by atoms with van der Waals surface area (Å²) in [4.78, 5) is 15.3. The van der Waals surface area contributed by atoms with Gasteiger partial charge in [0.2, 0.25) is 11.7 Å². The van der Waals surface area contributed by atoms with Gasteiger partial charge in [-0.15, -0.1) is 10.2 Å². The average molecular weight is 491 g/mol. The van der Waals surface area contributed by atoms with E-state index in [0.717, 1.165) is 35.6 Å². The standard InChI is InChI=1S/C26H26N4O4S/c1-32-19-12-13-22(33-2)20(16-19)21-10-6-14-29(21)24(31)17-35-26-28-27-25(23-11-7-15-34-23)30(26)18-8-4-3-5-9-18/h3-5,7-9,11-13,15-16,21H,6,10,14,17H2,1-2H3/t21-/m0/s1. The summed E-state index contributed by atoms with van der Waals surface area (Å²) >= 11 is 1.37. The van der Waals surface area contributed by atoms with Crippen molar-refractivity contribution in [1.82, 2.24) is 19.7 Å². The number of amides is 1. The van der Waals surface area contributed by atoms with Crippen molar-refractivity contribution in [3.63, 3.8) is 0 Å². The third kappa shape index (κ3) is 4.64. The number of carbonyl (C=O) groups is 1. The molecule has 1 aliphatic heterocycles. The number of likely N-dealkylation sites (tertiary alicyclic amines) is 1. The van der Waals surface area contributed by atoms with Crippen molar-refractivity contribution in [2.45, 2.75) is 24.0 Å². The number of benzene rings is 2. The summed E-state index contributed by atoms with van der Waals surface area (Å²) in [6.07, 6.45) is 3.42. The summed E-state index contributed by atoms with van der Waals surface area (Å²) < 4.78 is 18.5. The van der Waals surface area contributed by atoms with Gasteiger partial charge in [0.15, 0.2) is 10.9 Å². The SMILES string of the molecule is COc1ccc(OC)c([C@@H]2CCCN2C(=O)CSc2nnc(-c3ccco3)n2-c2ccccc2)c1. The van der Waals surface area contributed by atoms with Gasteiger partial charge in [0.1, 0.15) is 11.5 Å². The van der Waals surface area contributed by atoms with E-state index >= 15 is 0 Å². The first-order valence-corrected chi connectivity index (χ1v) is 12.4. The summed E-state index contributed by atoms with van der Waals surface area (Å²) in [5.41, 5.74) is 1.87. The second kappa shape index (κ2) is 10.3. The predicted octanol–water partition coefficient (Wildman–Crippen LogP) is 5.00. The first-order chi connectivity index (χ1) is 17.2. The van der Waals surface area contributed by atoms with Gasteiger partial charge in [-0.25, -0.2) is 0 Å². The number of hydrogen-bond donors (Lipinski definition) is 0. The normalized spacial score (nSPS) is 15.4. The molecule has 180 valence electrons. The molecule has 1 atom stereocenters. The van der Waals surface area contributed by atoms with E-state index in [-0.39, 0.29) is 17.7 Å². The Balaban J connectivity index is 1.38. The molecule has 1 fully saturated rings. The molecule has 0 saturated carbocycles. The predicted molar refractivity (Wildman–Crippen MR) is 133 cm³/mol. The van der Waals surface area contributed by atoms with Gasteiger partial charge < -0.3 is 18.8 Å². The van der Waals surface area contributed by atoms with Crippen LogP contribution in [0.5, 0.6) is 11.5 Å². The van der Waals surface area contributed by atoms with Crippen LogP contribution in [-0.2, 0) is 4.79 Å². The van der Waals surface area contributed by atoms with Gasteiger partial charge in [0.25, 0.3) is 0 Å². The fourth-order valence-electron chi connectivity index (χ4n) is 4.44. The number of para-hydroxylation sites is 1. The van der Waals surface area contributed by atoms with Crippen LogP contribution in [0.15, 0.2) is 76.5 Å². The van der Waals surface area contributed by atoms with Crippen LogP contribution in [0, 0.1) is 0 Å². The third-order valence-corrected chi connectivity index (χ3v) is 7.00. The van der Waals surface area contributed by atoms with Crippen LogP contribution in [0.25, 0.3) is 17.3 Å². The average Bonchev–Trinajstić information content (AvgIpc) is 3.67. The van der Waals surface area contributed by atoms with E-state index in [9.17, 15) is 4.79 Å². The minimum absolute atomic E-state index is 0.0459. The van der Waals surface area contributed by atoms with Crippen molar-refractivity contribution in [3.8, 4) is 28.8 Å². The number of ether oxygens (including phenoxy) is 2. The van der Waals surface area contributed by atoms with Crippen LogP contribution in [0.4, 0.5) is 0 Å². The molecule has 2 aromatic carbocycles. The first kappa shape index (κ1) is 23.0. The van der Waals surface area contributed by atoms with Crippen LogP contribution < -0.4 is 9.47 Å². The van der Waals surface area contributed by atoms with Crippen molar-refractivity contribution in [2.24, 2.45) is 0 Å². The molecule has 0 aliphatic carbocycles. The Labute approximate surface area is 207 Å². The maximum Gasteiger partial charge on any atom is 0.233 e. The van der Waals surface area contributed by atoms with Crippen molar-refractivity contribution in [1.29, 1.82) is 0 Å². The molecule has 0 N–H and O–H groups in total. The Morgan fingerprint density at radius 3 is 2.69 bits per heavy atom. The van der Waals surface area contributed by atoms with Gasteiger partial charge in [0.05, 0.1) is 32.3 Å². The maximum absolute atomic E-state index is 13.4. The van der Waals surface area contributed by atoms with E-state index in [1.54, 1.807) is 20.5 Å². The molecule has 1 aliphatic rings. The highest BCUT2D eigenvalue weighted by molar-refractivity contribution is 7.99. The lowest BCUT2D eigenvalue weighted by molar-refractivity contribution is -0.129. The number of carbonyl (C=O) groups excluding carboxylic acids is 1. The Morgan fingerprint density at radius 1 is 1.09 bits per heavy atom. The van der Waals surface area contributed by atoms with Gasteiger partial charge in [-0.2, -0.15) is 0 Å². The summed E-state index contributed by atoms with van der Waals surface area (Å²) in [7, 11) is 3.29. The molecule has 0 spiro atoms. The lowest BCUT2D eigenvalue weighted by atomic mass is 10.0. The van der Waals surface area contributed by atoms with Crippen LogP contribution in [-0.4, -0.2) is 52.1 Å². The smallest absolute Gasteiger partial charge is 0.233 e. The van der Waals surface area contributed by atoms with Gasteiger partial charge in [-0.05, 0) is 55.3 Å². The topological polar surface area (TPSA) is 82.6 Å². The number of nitrogens with zero attached hydrogens (tertiary/aromatic N) is 4. The zero-order valence-electron chi connectivity index (χ0n) is 19.6. The number of furan rings is 1. The molecule has 5 rings (SSSR count). The molecule has 0 unspecified atom stereocenters. The molecule has 0 radical (unpaired) electrons. The van der Waals surface area contributed by atoms with E-state index in [2.05, 4.69) is 10.2 Å². The summed E-state index contributed by atoms with van der Waals surface area (Å²) in [5, 5.41) is 9.37. The number of methoxy groups -OCH3 is 2. The molecule has 8 nitrogen and oxygen atoms in total. The second-order valence-corrected chi connectivity index (χ2v) is 9.04. The zero-order valence-corrected chi connectivity index (χ0v) is 20.4. The Bertz CT molecular complexity index is 1290. The Kier molecular flexibility index (Phi) is 6.76. The van der Waals surface area contributed by atoms with Crippen LogP contribution in [0.3, 0.4) is 0 Å². The fourth-order valence-corrected chi connectivity index (χ4v) is 5.27. The van der Waals surface area contributed by atoms with E-state index < -0.39 is 0 Å². The molecule has 3 heterocycles. The quantitative estimate of drug-likeness (QED) is 0.322. The molecule has 2 aromatic heterocycles. The number of hydrogen-bond acceptors (Lipinski definition) is 7. The second-order valence-electron chi connectivity index (χ2n) is 8.10. The summed E-state index contributed by atoms with van der Waals surface area (Å²) in [5.74, 6) is 3.00. The monoisotopic (exact) mass is 490 g/mol. The summed E-state index contributed by atoms with van der Waals surface area (Å²) in [6.45, 7) is 0.702.